The fraction of sp³-hybridized carbons (Fsp3) is 0.0588. The summed E-state index contributed by atoms with van der Waals surface area (Å²) in [4.78, 5) is 26.2. The van der Waals surface area contributed by atoms with E-state index in [1.54, 1.807) is 42.5 Å². The molecule has 1 saturated heterocycles. The summed E-state index contributed by atoms with van der Waals surface area (Å²) < 4.78 is 0. The maximum Gasteiger partial charge on any atom is 0.293 e. The molecule has 0 aliphatic carbocycles. The minimum Gasteiger partial charge on any atom is -0.268 e. The molecule has 8 heteroatoms. The molecule has 2 aromatic rings. The zero-order valence-electron chi connectivity index (χ0n) is 12.4. The first kappa shape index (κ1) is 18.6. The van der Waals surface area contributed by atoms with Crippen molar-refractivity contribution in [2.24, 2.45) is 0 Å². The lowest BCUT2D eigenvalue weighted by Gasteiger charge is -2.14. The van der Waals surface area contributed by atoms with Crippen LogP contribution in [0.3, 0.4) is 0 Å². The first-order valence-corrected chi connectivity index (χ1v) is 9.33. The van der Waals surface area contributed by atoms with Crippen LogP contribution in [0.1, 0.15) is 11.1 Å². The first-order chi connectivity index (χ1) is 11.9. The zero-order valence-corrected chi connectivity index (χ0v) is 16.3. The van der Waals surface area contributed by atoms with E-state index in [4.69, 9.17) is 46.4 Å². The molecular weight excluding hydrogens is 424 g/mol. The number of amides is 2. The van der Waals surface area contributed by atoms with Crippen LogP contribution in [-0.4, -0.2) is 16.0 Å². The highest BCUT2D eigenvalue weighted by atomic mass is 35.5. The van der Waals surface area contributed by atoms with Crippen LogP contribution in [0.4, 0.5) is 4.79 Å². The maximum atomic E-state index is 12.6. The Hall–Kier alpha value is -1.17. The van der Waals surface area contributed by atoms with Crippen LogP contribution in [0.25, 0.3) is 6.08 Å². The van der Waals surface area contributed by atoms with Gasteiger partial charge < -0.3 is 0 Å². The van der Waals surface area contributed by atoms with E-state index in [1.807, 2.05) is 0 Å². The van der Waals surface area contributed by atoms with Crippen molar-refractivity contribution in [3.8, 4) is 0 Å². The van der Waals surface area contributed by atoms with Gasteiger partial charge in [0, 0.05) is 15.6 Å². The fourth-order valence-electron chi connectivity index (χ4n) is 2.25. The highest BCUT2D eigenvalue weighted by molar-refractivity contribution is 8.18. The monoisotopic (exact) mass is 431 g/mol. The number of hydrogen-bond donors (Lipinski definition) is 0. The van der Waals surface area contributed by atoms with E-state index >= 15 is 0 Å². The van der Waals surface area contributed by atoms with Crippen molar-refractivity contribution in [1.82, 2.24) is 4.90 Å². The van der Waals surface area contributed by atoms with Gasteiger partial charge in [-0.1, -0.05) is 64.6 Å². The average molecular weight is 433 g/mol. The Morgan fingerprint density at radius 3 is 2.20 bits per heavy atom. The second-order valence-corrected chi connectivity index (χ2v) is 7.70. The lowest BCUT2D eigenvalue weighted by molar-refractivity contribution is -0.123. The topological polar surface area (TPSA) is 37.4 Å². The molecule has 3 rings (SSSR count). The standard InChI is InChI=1S/C17H9Cl4NO2S/c18-11-4-2-5-12(19)10(11)8-22-16(23)14(25-17(22)24)7-9-3-1-6-13(20)15(9)21/h1-7H,8H2/b14-7+. The number of carbonyl (C=O) groups excluding carboxylic acids is 2. The zero-order chi connectivity index (χ0) is 18.1. The third kappa shape index (κ3) is 3.83. The Morgan fingerprint density at radius 2 is 1.52 bits per heavy atom. The van der Waals surface area contributed by atoms with E-state index in [0.29, 0.717) is 31.2 Å². The lowest BCUT2D eigenvalue weighted by Crippen LogP contribution is -2.27. The Balaban J connectivity index is 1.90. The van der Waals surface area contributed by atoms with Gasteiger partial charge >= 0.3 is 0 Å². The van der Waals surface area contributed by atoms with Crippen molar-refractivity contribution in [2.45, 2.75) is 6.54 Å². The van der Waals surface area contributed by atoms with Crippen molar-refractivity contribution in [1.29, 1.82) is 0 Å². The average Bonchev–Trinajstić information content (AvgIpc) is 2.82. The molecule has 0 unspecified atom stereocenters. The Kier molecular flexibility index (Phi) is 5.66. The molecule has 0 bridgehead atoms. The summed E-state index contributed by atoms with van der Waals surface area (Å²) in [5.41, 5.74) is 1.09. The van der Waals surface area contributed by atoms with Crippen molar-refractivity contribution in [3.05, 3.63) is 72.5 Å². The summed E-state index contributed by atoms with van der Waals surface area (Å²) in [6, 6.07) is 10.1. The predicted octanol–water partition coefficient (Wildman–Crippen LogP) is 6.54. The normalized spacial score (nSPS) is 16.2. The number of hydrogen-bond acceptors (Lipinski definition) is 3. The molecule has 0 aromatic heterocycles. The summed E-state index contributed by atoms with van der Waals surface area (Å²) in [7, 11) is 0. The van der Waals surface area contributed by atoms with Crippen LogP contribution < -0.4 is 0 Å². The van der Waals surface area contributed by atoms with Crippen LogP contribution in [-0.2, 0) is 11.3 Å². The van der Waals surface area contributed by atoms with Gasteiger partial charge in [0.2, 0.25) is 0 Å². The number of carbonyl (C=O) groups is 2. The van der Waals surface area contributed by atoms with E-state index in [9.17, 15) is 9.59 Å². The van der Waals surface area contributed by atoms with Crippen LogP contribution >= 0.6 is 58.2 Å². The maximum absolute atomic E-state index is 12.6. The number of imide groups is 1. The van der Waals surface area contributed by atoms with Crippen molar-refractivity contribution >= 4 is 75.4 Å². The third-order valence-electron chi connectivity index (χ3n) is 3.52. The molecule has 2 aromatic carbocycles. The second-order valence-electron chi connectivity index (χ2n) is 5.11. The highest BCUT2D eigenvalue weighted by Gasteiger charge is 2.35. The molecule has 0 saturated carbocycles. The molecular formula is C17H9Cl4NO2S. The minimum absolute atomic E-state index is 0.00376. The van der Waals surface area contributed by atoms with Gasteiger partial charge in [-0.25, -0.2) is 0 Å². The molecule has 1 fully saturated rings. The van der Waals surface area contributed by atoms with Crippen molar-refractivity contribution < 1.29 is 9.59 Å². The minimum atomic E-state index is -0.429. The largest absolute Gasteiger partial charge is 0.293 e. The van der Waals surface area contributed by atoms with Crippen molar-refractivity contribution in [2.75, 3.05) is 0 Å². The van der Waals surface area contributed by atoms with Gasteiger partial charge in [0.1, 0.15) is 0 Å². The molecule has 0 N–H and O–H groups in total. The fourth-order valence-corrected chi connectivity index (χ4v) is 3.96. The van der Waals surface area contributed by atoms with Crippen LogP contribution in [0, 0.1) is 0 Å². The molecule has 3 nitrogen and oxygen atoms in total. The highest BCUT2D eigenvalue weighted by Crippen LogP contribution is 2.37. The third-order valence-corrected chi connectivity index (χ3v) is 5.97. The molecule has 128 valence electrons. The Morgan fingerprint density at radius 1 is 0.920 bits per heavy atom. The molecule has 0 radical (unpaired) electrons. The van der Waals surface area contributed by atoms with E-state index in [0.717, 1.165) is 16.7 Å². The lowest BCUT2D eigenvalue weighted by atomic mass is 10.2. The quantitative estimate of drug-likeness (QED) is 0.517. The molecule has 1 heterocycles. The number of halogens is 4. The molecule has 1 aliphatic heterocycles. The van der Waals surface area contributed by atoms with Gasteiger partial charge in [-0.3, -0.25) is 14.5 Å². The van der Waals surface area contributed by atoms with Crippen molar-refractivity contribution in [3.63, 3.8) is 0 Å². The van der Waals surface area contributed by atoms with Crippen LogP contribution in [0.2, 0.25) is 20.1 Å². The van der Waals surface area contributed by atoms with E-state index in [2.05, 4.69) is 0 Å². The molecule has 0 atom stereocenters. The number of rotatable bonds is 3. The predicted molar refractivity (Wildman–Crippen MR) is 104 cm³/mol. The number of nitrogens with zero attached hydrogens (tertiary/aromatic N) is 1. The number of thioether (sulfide) groups is 1. The second kappa shape index (κ2) is 7.60. The van der Waals surface area contributed by atoms with Gasteiger partial charge in [-0.05, 0) is 41.6 Å². The van der Waals surface area contributed by atoms with E-state index < -0.39 is 11.1 Å². The first-order valence-electron chi connectivity index (χ1n) is 7.00. The molecule has 0 spiro atoms. The van der Waals surface area contributed by atoms with Crippen LogP contribution in [0.5, 0.6) is 0 Å². The molecule has 25 heavy (non-hydrogen) atoms. The Bertz CT molecular complexity index is 893. The molecule has 2 amide bonds. The van der Waals surface area contributed by atoms with Gasteiger partial charge in [0.05, 0.1) is 21.5 Å². The SMILES string of the molecule is O=C1S/C(=C/c2cccc(Cl)c2Cl)C(=O)N1Cc1c(Cl)cccc1Cl. The van der Waals surface area contributed by atoms with Gasteiger partial charge in [0.15, 0.2) is 0 Å². The Labute approximate surface area is 168 Å². The number of benzene rings is 2. The van der Waals surface area contributed by atoms with Crippen LogP contribution in [0.15, 0.2) is 41.3 Å². The van der Waals surface area contributed by atoms with Gasteiger partial charge in [-0.2, -0.15) is 0 Å². The van der Waals surface area contributed by atoms with Gasteiger partial charge in [-0.15, -0.1) is 0 Å². The summed E-state index contributed by atoms with van der Waals surface area (Å²) in [6.45, 7) is 0.00376. The smallest absolute Gasteiger partial charge is 0.268 e. The van der Waals surface area contributed by atoms with E-state index in [-0.39, 0.29) is 11.4 Å². The van der Waals surface area contributed by atoms with E-state index in [1.165, 1.54) is 0 Å². The van der Waals surface area contributed by atoms with Gasteiger partial charge in [0.25, 0.3) is 11.1 Å². The summed E-state index contributed by atoms with van der Waals surface area (Å²) >= 11 is 25.2. The molecule has 1 aliphatic rings. The summed E-state index contributed by atoms with van der Waals surface area (Å²) in [6.07, 6.45) is 1.55. The summed E-state index contributed by atoms with van der Waals surface area (Å²) in [5, 5.41) is 1.09. The summed E-state index contributed by atoms with van der Waals surface area (Å²) in [5.74, 6) is -0.429.